The molecule has 0 amide bonds. The van der Waals surface area contributed by atoms with Gasteiger partial charge in [0.1, 0.15) is 0 Å². The Morgan fingerprint density at radius 2 is 1.68 bits per heavy atom. The van der Waals surface area contributed by atoms with Gasteiger partial charge in [-0.1, -0.05) is 13.8 Å². The van der Waals surface area contributed by atoms with Gasteiger partial charge in [-0.15, -0.1) is 0 Å². The summed E-state index contributed by atoms with van der Waals surface area (Å²) in [5.41, 5.74) is 0.920. The van der Waals surface area contributed by atoms with Gasteiger partial charge in [0.05, 0.1) is 18.8 Å². The molecule has 140 valence electrons. The van der Waals surface area contributed by atoms with Crippen LogP contribution in [0.1, 0.15) is 72.1 Å². The van der Waals surface area contributed by atoms with E-state index in [0.717, 1.165) is 23.7 Å². The molecule has 0 bridgehead atoms. The molecular weight excluding hydrogens is 312 g/mol. The van der Waals surface area contributed by atoms with Gasteiger partial charge in [0.2, 0.25) is 0 Å². The molecule has 0 aromatic rings. The second kappa shape index (κ2) is 5.47. The third-order valence-corrected chi connectivity index (χ3v) is 9.61. The summed E-state index contributed by atoms with van der Waals surface area (Å²) in [7, 11) is 0. The smallest absolute Gasteiger partial charge is 0.302 e. The van der Waals surface area contributed by atoms with E-state index in [-0.39, 0.29) is 5.97 Å². The summed E-state index contributed by atoms with van der Waals surface area (Å²) in [6.45, 7) is 7.33. The van der Waals surface area contributed by atoms with Crippen LogP contribution in [0.15, 0.2) is 0 Å². The van der Waals surface area contributed by atoms with Crippen LogP contribution >= 0.6 is 0 Å². The first-order chi connectivity index (χ1) is 11.9. The molecule has 5 rings (SSSR count). The van der Waals surface area contributed by atoms with Crippen molar-refractivity contribution in [3.05, 3.63) is 0 Å². The van der Waals surface area contributed by atoms with Crippen LogP contribution in [0.25, 0.3) is 0 Å². The Hall–Kier alpha value is -0.570. The zero-order valence-electron chi connectivity index (χ0n) is 16.1. The van der Waals surface area contributed by atoms with Crippen LogP contribution in [0.4, 0.5) is 0 Å². The fourth-order valence-electron chi connectivity index (χ4n) is 8.19. The topological polar surface area (TPSA) is 38.8 Å². The van der Waals surface area contributed by atoms with E-state index in [1.807, 2.05) is 0 Å². The third kappa shape index (κ3) is 2.30. The predicted octanol–water partition coefficient (Wildman–Crippen LogP) is 4.59. The van der Waals surface area contributed by atoms with Gasteiger partial charge in [-0.05, 0) is 91.8 Å². The maximum absolute atomic E-state index is 11.3. The summed E-state index contributed by atoms with van der Waals surface area (Å²) in [4.78, 5) is 11.3. The van der Waals surface area contributed by atoms with Crippen molar-refractivity contribution in [3.63, 3.8) is 0 Å². The van der Waals surface area contributed by atoms with Crippen molar-refractivity contribution in [1.29, 1.82) is 0 Å². The van der Waals surface area contributed by atoms with E-state index in [9.17, 15) is 4.79 Å². The second-order valence-corrected chi connectivity index (χ2v) is 10.4. The standard InChI is InChI=1S/C22H34O3/c1-13(23)24-12-14-4-6-16-15-5-7-18-20-19(25-20)9-11-22(18,3)17(15)8-10-21(14,16)2/h14-20H,4-12H2,1-3H3/t14-,15+,16+,17+,18+,19-,20+,21-,22-/m1/s1. The first-order valence-electron chi connectivity index (χ1n) is 10.7. The zero-order valence-corrected chi connectivity index (χ0v) is 16.1. The quantitative estimate of drug-likeness (QED) is 0.542. The molecule has 0 aromatic heterocycles. The zero-order chi connectivity index (χ0) is 17.4. The normalized spacial score (nSPS) is 56.2. The Bertz CT molecular complexity index is 574. The number of carbonyl (C=O) groups is 1. The van der Waals surface area contributed by atoms with Gasteiger partial charge >= 0.3 is 5.97 Å². The summed E-state index contributed by atoms with van der Waals surface area (Å²) in [5, 5.41) is 0. The number of fused-ring (bicyclic) bond motifs is 7. The molecular formula is C22H34O3. The van der Waals surface area contributed by atoms with E-state index in [1.165, 1.54) is 51.4 Å². The van der Waals surface area contributed by atoms with Crippen LogP contribution in [-0.4, -0.2) is 24.8 Å². The minimum absolute atomic E-state index is 0.116. The number of hydrogen-bond donors (Lipinski definition) is 0. The monoisotopic (exact) mass is 346 g/mol. The molecule has 4 saturated carbocycles. The van der Waals surface area contributed by atoms with Crippen molar-refractivity contribution in [2.45, 2.75) is 84.3 Å². The molecule has 3 nitrogen and oxygen atoms in total. The summed E-state index contributed by atoms with van der Waals surface area (Å²) in [6, 6.07) is 0. The van der Waals surface area contributed by atoms with Crippen molar-refractivity contribution in [2.75, 3.05) is 6.61 Å². The van der Waals surface area contributed by atoms with Crippen molar-refractivity contribution >= 4 is 5.97 Å². The molecule has 3 heteroatoms. The van der Waals surface area contributed by atoms with E-state index >= 15 is 0 Å². The molecule has 0 aromatic carbocycles. The van der Waals surface area contributed by atoms with Crippen molar-refractivity contribution in [3.8, 4) is 0 Å². The molecule has 5 aliphatic rings. The molecule has 0 radical (unpaired) electrons. The first kappa shape index (κ1) is 16.6. The molecule has 1 aliphatic heterocycles. The van der Waals surface area contributed by atoms with Crippen LogP contribution in [0.5, 0.6) is 0 Å². The molecule has 0 spiro atoms. The van der Waals surface area contributed by atoms with E-state index in [4.69, 9.17) is 9.47 Å². The van der Waals surface area contributed by atoms with Crippen LogP contribution < -0.4 is 0 Å². The first-order valence-corrected chi connectivity index (χ1v) is 10.7. The van der Waals surface area contributed by atoms with Crippen LogP contribution in [0.2, 0.25) is 0 Å². The predicted molar refractivity (Wildman–Crippen MR) is 95.9 cm³/mol. The maximum atomic E-state index is 11.3. The minimum Gasteiger partial charge on any atom is -0.466 e. The molecule has 1 saturated heterocycles. The van der Waals surface area contributed by atoms with Crippen LogP contribution in [0.3, 0.4) is 0 Å². The highest BCUT2D eigenvalue weighted by Crippen LogP contribution is 2.69. The van der Waals surface area contributed by atoms with Crippen molar-refractivity contribution < 1.29 is 14.3 Å². The molecule has 25 heavy (non-hydrogen) atoms. The lowest BCUT2D eigenvalue weighted by Gasteiger charge is -2.59. The Kier molecular flexibility index (Phi) is 3.63. The average molecular weight is 347 g/mol. The third-order valence-electron chi connectivity index (χ3n) is 9.61. The molecule has 0 N–H and O–H groups in total. The van der Waals surface area contributed by atoms with Gasteiger partial charge in [-0.2, -0.15) is 0 Å². The number of epoxide rings is 1. The molecule has 1 heterocycles. The highest BCUT2D eigenvalue weighted by Gasteiger charge is 2.64. The highest BCUT2D eigenvalue weighted by atomic mass is 16.6. The largest absolute Gasteiger partial charge is 0.466 e. The van der Waals surface area contributed by atoms with Crippen molar-refractivity contribution in [1.82, 2.24) is 0 Å². The van der Waals surface area contributed by atoms with E-state index < -0.39 is 0 Å². The number of ether oxygens (including phenoxy) is 2. The lowest BCUT2D eigenvalue weighted by atomic mass is 9.45. The summed E-state index contributed by atoms with van der Waals surface area (Å²) >= 11 is 0. The maximum Gasteiger partial charge on any atom is 0.302 e. The van der Waals surface area contributed by atoms with Gasteiger partial charge in [-0.3, -0.25) is 4.79 Å². The Labute approximate surface area is 152 Å². The Morgan fingerprint density at radius 3 is 2.48 bits per heavy atom. The number of rotatable bonds is 2. The second-order valence-electron chi connectivity index (χ2n) is 10.4. The minimum atomic E-state index is -0.116. The summed E-state index contributed by atoms with van der Waals surface area (Å²) < 4.78 is 11.5. The van der Waals surface area contributed by atoms with E-state index in [2.05, 4.69) is 13.8 Å². The highest BCUT2D eigenvalue weighted by molar-refractivity contribution is 5.65. The Morgan fingerprint density at radius 1 is 0.960 bits per heavy atom. The number of esters is 1. The van der Waals surface area contributed by atoms with Crippen molar-refractivity contribution in [2.24, 2.45) is 40.4 Å². The molecule has 9 atom stereocenters. The SMILES string of the molecule is CC(=O)OC[C@H]1CC[C@H]2[C@@H]3CC[C@H]4[C@@H]5O[C@@H]5CC[C@]4(C)[C@H]3CC[C@]12C. The lowest BCUT2D eigenvalue weighted by Crippen LogP contribution is -2.54. The fourth-order valence-corrected chi connectivity index (χ4v) is 8.19. The molecule has 5 fully saturated rings. The summed E-state index contributed by atoms with van der Waals surface area (Å²) in [6.07, 6.45) is 12.0. The van der Waals surface area contributed by atoms with E-state index in [1.54, 1.807) is 6.92 Å². The lowest BCUT2D eigenvalue weighted by molar-refractivity contribution is -0.146. The van der Waals surface area contributed by atoms with Crippen LogP contribution in [-0.2, 0) is 14.3 Å². The van der Waals surface area contributed by atoms with Gasteiger partial charge in [0.15, 0.2) is 0 Å². The average Bonchev–Trinajstić information content (AvgIpc) is 3.27. The van der Waals surface area contributed by atoms with Crippen LogP contribution in [0, 0.1) is 40.4 Å². The Balaban J connectivity index is 1.37. The molecule has 0 unspecified atom stereocenters. The van der Waals surface area contributed by atoms with Gasteiger partial charge < -0.3 is 9.47 Å². The van der Waals surface area contributed by atoms with Gasteiger partial charge in [-0.25, -0.2) is 0 Å². The van der Waals surface area contributed by atoms with Gasteiger partial charge in [0.25, 0.3) is 0 Å². The number of carbonyl (C=O) groups excluding carboxylic acids is 1. The van der Waals surface area contributed by atoms with E-state index in [0.29, 0.717) is 35.6 Å². The number of hydrogen-bond acceptors (Lipinski definition) is 3. The van der Waals surface area contributed by atoms with Gasteiger partial charge in [0, 0.05) is 6.92 Å². The fraction of sp³-hybridized carbons (Fsp3) is 0.955. The molecule has 4 aliphatic carbocycles. The summed E-state index contributed by atoms with van der Waals surface area (Å²) in [5.74, 6) is 3.95.